The Morgan fingerprint density at radius 1 is 0.337 bits per heavy atom. The number of allylic oxidation sites excluding steroid dienone is 30. The van der Waals surface area contributed by atoms with Crippen molar-refractivity contribution in [3.8, 4) is 0 Å². The number of quaternary nitrogens is 1. The summed E-state index contributed by atoms with van der Waals surface area (Å²) in [6.07, 6.45) is 101. The molecule has 0 rings (SSSR count). The molecule has 0 saturated heterocycles. The highest BCUT2D eigenvalue weighted by Crippen LogP contribution is 2.15. The fourth-order valence-electron chi connectivity index (χ4n) is 8.89. The number of likely N-dealkylation sites (N-methyl/N-ethyl adjacent to an activating group) is 1. The number of esters is 2. The van der Waals surface area contributed by atoms with Crippen LogP contribution in [0.15, 0.2) is 182 Å². The standard InChI is InChI=1S/C80H127NO8/c1-6-8-10-12-14-16-18-20-22-24-26-28-30-32-34-36-37-38-39-40-41-43-45-47-49-51-53-55-57-59-61-63-65-67-69-71-78(83)89-76(75-88-80(79(84)85)86-73-72-81(3,4)5)74-87-77(82)70-68-66-64-62-60-58-56-54-52-50-48-46-44-42-35-33-31-29-27-25-23-21-19-17-15-13-11-9-7-2/h8-11,14-17,20-23,26-29,32-35,37-38,40-41,45,47,51,53,57,59,76,80H,6-7,12-13,18-19,24-25,30-31,36,39,42-44,46,48-50,52,54-56,58,60-75H2,1-5H3/p+1/b10-8-,11-9-,16-14-,17-15-,22-20-,23-21-,28-26-,29-27-,34-32-,35-33-,38-37-,41-40-,47-45-,53-51-,59-57-. The molecule has 0 aliphatic carbocycles. The monoisotopic (exact) mass is 1230 g/mol. The van der Waals surface area contributed by atoms with E-state index in [1.807, 2.05) is 21.1 Å². The smallest absolute Gasteiger partial charge is 0.361 e. The maximum absolute atomic E-state index is 12.9. The number of rotatable bonds is 62. The maximum atomic E-state index is 12.9. The molecule has 1 N–H and O–H groups in total. The molecule has 0 saturated carbocycles. The second-order valence-corrected chi connectivity index (χ2v) is 23.7. The van der Waals surface area contributed by atoms with Crippen molar-refractivity contribution >= 4 is 17.9 Å². The SMILES string of the molecule is CC/C=C\C/C=C\C/C=C\C/C=C\C/C=C\C/C=C\C/C=C\C/C=C\C/C=C\C/C=C\CCCCCCC(=O)OC(COC(=O)CCCCCCCCCCCCCCC/C=C\C/C=C\C/C=C\C/C=C\C/C=C\CC)COC(OCC[N+](C)(C)C)C(=O)O. The predicted octanol–water partition coefficient (Wildman–Crippen LogP) is 22.0. The first-order valence-electron chi connectivity index (χ1n) is 34.9. The average molecular weight is 1230 g/mol. The number of carbonyl (C=O) groups excluding carboxylic acids is 2. The van der Waals surface area contributed by atoms with E-state index >= 15 is 0 Å². The van der Waals surface area contributed by atoms with Crippen LogP contribution in [0.5, 0.6) is 0 Å². The van der Waals surface area contributed by atoms with Crippen LogP contribution in [-0.4, -0.2) is 87.4 Å². The molecule has 0 amide bonds. The van der Waals surface area contributed by atoms with Crippen molar-refractivity contribution < 1.29 is 42.9 Å². The Morgan fingerprint density at radius 3 is 0.899 bits per heavy atom. The summed E-state index contributed by atoms with van der Waals surface area (Å²) in [6, 6.07) is 0. The minimum absolute atomic E-state index is 0.172. The first kappa shape index (κ1) is 83.4. The summed E-state index contributed by atoms with van der Waals surface area (Å²) >= 11 is 0. The van der Waals surface area contributed by atoms with Gasteiger partial charge < -0.3 is 28.5 Å². The summed E-state index contributed by atoms with van der Waals surface area (Å²) in [6.45, 7) is 4.60. The summed E-state index contributed by atoms with van der Waals surface area (Å²) in [5.41, 5.74) is 0. The number of hydrogen-bond acceptors (Lipinski definition) is 7. The molecule has 0 radical (unpaired) electrons. The van der Waals surface area contributed by atoms with Crippen LogP contribution in [0, 0.1) is 0 Å². The quantitative estimate of drug-likeness (QED) is 0.0211. The molecule has 0 aliphatic heterocycles. The van der Waals surface area contributed by atoms with Crippen LogP contribution < -0.4 is 0 Å². The number of ether oxygens (including phenoxy) is 4. The minimum Gasteiger partial charge on any atom is -0.477 e. The van der Waals surface area contributed by atoms with Crippen LogP contribution in [0.4, 0.5) is 0 Å². The van der Waals surface area contributed by atoms with Crippen LogP contribution in [0.25, 0.3) is 0 Å². The normalized spacial score (nSPS) is 13.9. The molecule has 9 heteroatoms. The van der Waals surface area contributed by atoms with E-state index in [9.17, 15) is 19.5 Å². The number of aliphatic carboxylic acids is 1. The second-order valence-electron chi connectivity index (χ2n) is 23.7. The van der Waals surface area contributed by atoms with Crippen molar-refractivity contribution in [1.82, 2.24) is 0 Å². The summed E-state index contributed by atoms with van der Waals surface area (Å²) < 4.78 is 22.9. The lowest BCUT2D eigenvalue weighted by Gasteiger charge is -2.25. The Morgan fingerprint density at radius 2 is 0.607 bits per heavy atom. The third-order valence-corrected chi connectivity index (χ3v) is 14.2. The Kier molecular flexibility index (Phi) is 64.0. The lowest BCUT2D eigenvalue weighted by Crippen LogP contribution is -2.40. The van der Waals surface area contributed by atoms with Crippen LogP contribution in [0.2, 0.25) is 0 Å². The van der Waals surface area contributed by atoms with E-state index in [4.69, 9.17) is 18.9 Å². The van der Waals surface area contributed by atoms with Crippen molar-refractivity contribution in [3.05, 3.63) is 182 Å². The fourth-order valence-corrected chi connectivity index (χ4v) is 8.89. The van der Waals surface area contributed by atoms with Gasteiger partial charge in [-0.25, -0.2) is 4.79 Å². The van der Waals surface area contributed by atoms with E-state index in [-0.39, 0.29) is 38.6 Å². The number of nitrogens with zero attached hydrogens (tertiary/aromatic N) is 1. The van der Waals surface area contributed by atoms with Crippen LogP contribution in [-0.2, 0) is 33.3 Å². The molecule has 0 aliphatic rings. The van der Waals surface area contributed by atoms with Crippen LogP contribution >= 0.6 is 0 Å². The van der Waals surface area contributed by atoms with Crippen LogP contribution in [0.3, 0.4) is 0 Å². The Balaban J connectivity index is 4.26. The molecule has 0 heterocycles. The summed E-state index contributed by atoms with van der Waals surface area (Å²) in [7, 11) is 5.95. The van der Waals surface area contributed by atoms with Gasteiger partial charge in [0, 0.05) is 12.8 Å². The second kappa shape index (κ2) is 68.3. The number of carboxylic acid groups (broad SMARTS) is 1. The molecule has 0 spiro atoms. The first-order chi connectivity index (χ1) is 43.6. The van der Waals surface area contributed by atoms with Gasteiger partial charge in [-0.05, 0) is 135 Å². The van der Waals surface area contributed by atoms with Gasteiger partial charge in [0.15, 0.2) is 6.10 Å². The molecule has 0 aromatic rings. The Labute approximate surface area is 545 Å². The predicted molar refractivity (Wildman–Crippen MR) is 382 cm³/mol. The molecule has 0 bridgehead atoms. The fraction of sp³-hybridized carbons (Fsp3) is 0.588. The van der Waals surface area contributed by atoms with Gasteiger partial charge in [-0.15, -0.1) is 0 Å². The molecular formula is C80H128NO8+. The molecule has 500 valence electrons. The zero-order valence-electron chi connectivity index (χ0n) is 57.0. The van der Waals surface area contributed by atoms with E-state index in [0.29, 0.717) is 17.4 Å². The Bertz CT molecular complexity index is 2120. The van der Waals surface area contributed by atoms with Crippen molar-refractivity contribution in [1.29, 1.82) is 0 Å². The Hall–Kier alpha value is -5.61. The zero-order valence-corrected chi connectivity index (χ0v) is 57.0. The van der Waals surface area contributed by atoms with Crippen molar-refractivity contribution in [2.45, 2.75) is 257 Å². The first-order valence-corrected chi connectivity index (χ1v) is 34.9. The largest absolute Gasteiger partial charge is 0.477 e. The maximum Gasteiger partial charge on any atom is 0.361 e. The molecule has 89 heavy (non-hydrogen) atoms. The topological polar surface area (TPSA) is 108 Å². The third-order valence-electron chi connectivity index (χ3n) is 14.2. The molecule has 0 aromatic heterocycles. The van der Waals surface area contributed by atoms with Gasteiger partial charge in [0.05, 0.1) is 34.4 Å². The van der Waals surface area contributed by atoms with Gasteiger partial charge in [-0.2, -0.15) is 0 Å². The number of hydrogen-bond donors (Lipinski definition) is 1. The third kappa shape index (κ3) is 69.7. The molecule has 0 fully saturated rings. The zero-order chi connectivity index (χ0) is 64.7. The van der Waals surface area contributed by atoms with E-state index < -0.39 is 24.3 Å². The highest BCUT2D eigenvalue weighted by molar-refractivity contribution is 5.71. The summed E-state index contributed by atoms with van der Waals surface area (Å²) in [5.74, 6) is -2.06. The van der Waals surface area contributed by atoms with E-state index in [0.717, 1.165) is 141 Å². The van der Waals surface area contributed by atoms with E-state index in [1.54, 1.807) is 0 Å². The van der Waals surface area contributed by atoms with Crippen molar-refractivity contribution in [2.75, 3.05) is 47.5 Å². The lowest BCUT2D eigenvalue weighted by atomic mass is 10.0. The van der Waals surface area contributed by atoms with Crippen LogP contribution in [0.1, 0.15) is 245 Å². The van der Waals surface area contributed by atoms with Gasteiger partial charge >= 0.3 is 17.9 Å². The van der Waals surface area contributed by atoms with E-state index in [1.165, 1.54) is 70.6 Å². The highest BCUT2D eigenvalue weighted by Gasteiger charge is 2.25. The summed E-state index contributed by atoms with van der Waals surface area (Å²) in [5, 5.41) is 9.75. The number of carboxylic acids is 1. The minimum atomic E-state index is -1.53. The molecular weight excluding hydrogens is 1100 g/mol. The van der Waals surface area contributed by atoms with Crippen molar-refractivity contribution in [2.24, 2.45) is 0 Å². The number of unbranched alkanes of at least 4 members (excludes halogenated alkanes) is 17. The van der Waals surface area contributed by atoms with E-state index in [2.05, 4.69) is 196 Å². The van der Waals surface area contributed by atoms with Crippen molar-refractivity contribution in [3.63, 3.8) is 0 Å². The highest BCUT2D eigenvalue weighted by atomic mass is 16.7. The van der Waals surface area contributed by atoms with Gasteiger partial charge in [0.25, 0.3) is 6.29 Å². The van der Waals surface area contributed by atoms with Gasteiger partial charge in [-0.1, -0.05) is 280 Å². The molecule has 0 aromatic carbocycles. The number of carbonyl (C=O) groups is 3. The van der Waals surface area contributed by atoms with Gasteiger partial charge in [-0.3, -0.25) is 9.59 Å². The molecule has 2 unspecified atom stereocenters. The summed E-state index contributed by atoms with van der Waals surface area (Å²) in [4.78, 5) is 37.6. The molecule has 9 nitrogen and oxygen atoms in total. The van der Waals surface area contributed by atoms with Gasteiger partial charge in [0.2, 0.25) is 0 Å². The lowest BCUT2D eigenvalue weighted by molar-refractivity contribution is -0.870. The average Bonchev–Trinajstić information content (AvgIpc) is 3.64. The van der Waals surface area contributed by atoms with Gasteiger partial charge in [0.1, 0.15) is 13.2 Å². The molecule has 2 atom stereocenters.